The van der Waals surface area contributed by atoms with Gasteiger partial charge in [0.05, 0.1) is 17.7 Å². The number of aromatic nitrogens is 1. The summed E-state index contributed by atoms with van der Waals surface area (Å²) < 4.78 is 10.5. The topological polar surface area (TPSA) is 113 Å². The summed E-state index contributed by atoms with van der Waals surface area (Å²) in [5.74, 6) is -0.545. The number of rotatable bonds is 14. The van der Waals surface area contributed by atoms with Crippen LogP contribution in [0, 0.1) is 0 Å². The average Bonchev–Trinajstić information content (AvgIpc) is 3.38. The summed E-state index contributed by atoms with van der Waals surface area (Å²) in [7, 11) is 0. The van der Waals surface area contributed by atoms with E-state index in [1.807, 2.05) is 18.2 Å². The molecular formula is C31H35N3O5. The largest absolute Gasteiger partial charge is 0.462 e. The minimum absolute atomic E-state index is 0.228. The highest BCUT2D eigenvalue weighted by Gasteiger charge is 2.15. The molecule has 0 fully saturated rings. The molecule has 0 radical (unpaired) electrons. The number of unbranched alkanes of at least 4 members (excludes halogenated alkanes) is 1. The number of esters is 2. The third-order valence-electron chi connectivity index (χ3n) is 6.29. The summed E-state index contributed by atoms with van der Waals surface area (Å²) in [4.78, 5) is 27.8. The molecule has 204 valence electrons. The van der Waals surface area contributed by atoms with E-state index >= 15 is 0 Å². The van der Waals surface area contributed by atoms with E-state index in [1.54, 1.807) is 37.4 Å². The summed E-state index contributed by atoms with van der Waals surface area (Å²) in [6, 6.07) is 20.6. The van der Waals surface area contributed by atoms with E-state index in [4.69, 9.17) is 14.6 Å². The number of fused-ring (bicyclic) bond motifs is 1. The van der Waals surface area contributed by atoms with Crippen LogP contribution in [0.15, 0.2) is 72.9 Å². The number of anilines is 2. The molecule has 0 aliphatic heterocycles. The molecule has 0 saturated carbocycles. The van der Waals surface area contributed by atoms with Crippen LogP contribution in [0.2, 0.25) is 0 Å². The molecule has 3 aromatic carbocycles. The Morgan fingerprint density at radius 3 is 2.41 bits per heavy atom. The molecule has 0 unspecified atom stereocenters. The first-order valence-electron chi connectivity index (χ1n) is 13.4. The number of ether oxygens (including phenoxy) is 2. The smallest absolute Gasteiger partial charge is 0.345 e. The number of carbonyl (C=O) groups excluding carboxylic acids is 2. The normalized spacial score (nSPS) is 10.8. The van der Waals surface area contributed by atoms with Crippen LogP contribution < -0.4 is 15.4 Å². The monoisotopic (exact) mass is 529 g/mol. The van der Waals surface area contributed by atoms with Crippen molar-refractivity contribution in [3.63, 3.8) is 0 Å². The van der Waals surface area contributed by atoms with Crippen LogP contribution in [0.3, 0.4) is 0 Å². The van der Waals surface area contributed by atoms with Crippen LogP contribution in [0.1, 0.15) is 52.5 Å². The Bertz CT molecular complexity index is 1380. The van der Waals surface area contributed by atoms with Crippen molar-refractivity contribution in [3.8, 4) is 5.75 Å². The highest BCUT2D eigenvalue weighted by Crippen LogP contribution is 2.24. The predicted octanol–water partition coefficient (Wildman–Crippen LogP) is 5.79. The fourth-order valence-electron chi connectivity index (χ4n) is 4.27. The molecule has 0 aliphatic carbocycles. The SMILES string of the molecule is CCOC(=O)c1ccc(OC(=O)c2c[nH]c3ccc(NCCCc4cccc(NCCCCO)c4)cc23)cc1. The van der Waals surface area contributed by atoms with E-state index in [2.05, 4.69) is 39.9 Å². The zero-order chi connectivity index (χ0) is 27.5. The van der Waals surface area contributed by atoms with Gasteiger partial charge in [0, 0.05) is 48.2 Å². The summed E-state index contributed by atoms with van der Waals surface area (Å²) >= 11 is 0. The Hall–Kier alpha value is -4.30. The first-order valence-corrected chi connectivity index (χ1v) is 13.4. The second-order valence-electron chi connectivity index (χ2n) is 9.19. The summed E-state index contributed by atoms with van der Waals surface area (Å²) in [5, 5.41) is 16.5. The quantitative estimate of drug-likeness (QED) is 0.0929. The van der Waals surface area contributed by atoms with Gasteiger partial charge in [-0.05, 0) is 92.8 Å². The maximum absolute atomic E-state index is 12.9. The number of benzene rings is 3. The summed E-state index contributed by atoms with van der Waals surface area (Å²) in [6.07, 6.45) is 5.30. The van der Waals surface area contributed by atoms with E-state index in [-0.39, 0.29) is 6.61 Å². The molecule has 1 aromatic heterocycles. The highest BCUT2D eigenvalue weighted by molar-refractivity contribution is 6.05. The average molecular weight is 530 g/mol. The minimum Gasteiger partial charge on any atom is -0.462 e. The van der Waals surface area contributed by atoms with Crippen molar-refractivity contribution in [2.75, 3.05) is 36.9 Å². The van der Waals surface area contributed by atoms with Gasteiger partial charge >= 0.3 is 11.9 Å². The van der Waals surface area contributed by atoms with Gasteiger partial charge in [-0.1, -0.05) is 12.1 Å². The lowest BCUT2D eigenvalue weighted by atomic mass is 10.1. The molecule has 39 heavy (non-hydrogen) atoms. The molecule has 0 aliphatic rings. The Morgan fingerprint density at radius 2 is 1.64 bits per heavy atom. The number of carbonyl (C=O) groups is 2. The molecule has 4 N–H and O–H groups in total. The zero-order valence-corrected chi connectivity index (χ0v) is 22.2. The van der Waals surface area contributed by atoms with Crippen molar-refractivity contribution in [2.24, 2.45) is 0 Å². The van der Waals surface area contributed by atoms with Gasteiger partial charge in [-0.25, -0.2) is 9.59 Å². The number of aliphatic hydroxyl groups excluding tert-OH is 1. The Labute approximate surface area is 228 Å². The fourth-order valence-corrected chi connectivity index (χ4v) is 4.27. The maximum Gasteiger partial charge on any atom is 0.345 e. The number of aliphatic hydroxyl groups is 1. The molecule has 0 bridgehead atoms. The van der Waals surface area contributed by atoms with Crippen LogP contribution >= 0.6 is 0 Å². The van der Waals surface area contributed by atoms with Gasteiger partial charge in [-0.3, -0.25) is 0 Å². The van der Waals surface area contributed by atoms with E-state index in [9.17, 15) is 9.59 Å². The van der Waals surface area contributed by atoms with Crippen LogP contribution in [0.4, 0.5) is 11.4 Å². The van der Waals surface area contributed by atoms with Crippen LogP contribution in [0.5, 0.6) is 5.75 Å². The zero-order valence-electron chi connectivity index (χ0n) is 22.2. The minimum atomic E-state index is -0.480. The fraction of sp³-hybridized carbons (Fsp3) is 0.290. The molecular weight excluding hydrogens is 494 g/mol. The van der Waals surface area contributed by atoms with Gasteiger partial charge < -0.3 is 30.2 Å². The van der Waals surface area contributed by atoms with Crippen LogP contribution in [-0.4, -0.2) is 48.3 Å². The first kappa shape index (κ1) is 27.7. The molecule has 1 heterocycles. The van der Waals surface area contributed by atoms with Gasteiger partial charge in [-0.15, -0.1) is 0 Å². The van der Waals surface area contributed by atoms with Gasteiger partial charge in [0.1, 0.15) is 5.75 Å². The molecule has 4 aromatic rings. The lowest BCUT2D eigenvalue weighted by Crippen LogP contribution is -2.09. The van der Waals surface area contributed by atoms with Crippen molar-refractivity contribution in [1.29, 1.82) is 0 Å². The lowest BCUT2D eigenvalue weighted by molar-refractivity contribution is 0.0526. The van der Waals surface area contributed by atoms with Gasteiger partial charge in [0.25, 0.3) is 0 Å². The second kappa shape index (κ2) is 14.0. The van der Waals surface area contributed by atoms with Crippen LogP contribution in [-0.2, 0) is 11.2 Å². The molecule has 8 heteroatoms. The van der Waals surface area contributed by atoms with E-state index in [0.29, 0.717) is 23.5 Å². The Kier molecular flexibility index (Phi) is 9.97. The van der Waals surface area contributed by atoms with Crippen molar-refractivity contribution in [1.82, 2.24) is 4.98 Å². The second-order valence-corrected chi connectivity index (χ2v) is 9.19. The number of hydrogen-bond acceptors (Lipinski definition) is 7. The molecule has 0 saturated heterocycles. The van der Waals surface area contributed by atoms with Gasteiger partial charge in [0.15, 0.2) is 0 Å². The van der Waals surface area contributed by atoms with E-state index < -0.39 is 11.9 Å². The first-order chi connectivity index (χ1) is 19.1. The molecule has 8 nitrogen and oxygen atoms in total. The number of aromatic amines is 1. The van der Waals surface area contributed by atoms with Crippen molar-refractivity contribution in [2.45, 2.75) is 32.6 Å². The molecule has 0 spiro atoms. The molecule has 0 amide bonds. The third kappa shape index (κ3) is 7.85. The maximum atomic E-state index is 12.9. The number of H-pyrrole nitrogens is 1. The molecule has 0 atom stereocenters. The number of nitrogens with one attached hydrogen (secondary N) is 3. The van der Waals surface area contributed by atoms with Crippen molar-refractivity contribution >= 4 is 34.2 Å². The van der Waals surface area contributed by atoms with E-state index in [0.717, 1.165) is 61.1 Å². The number of hydrogen-bond donors (Lipinski definition) is 4. The van der Waals surface area contributed by atoms with Crippen LogP contribution in [0.25, 0.3) is 10.9 Å². The predicted molar refractivity (Wildman–Crippen MR) is 154 cm³/mol. The summed E-state index contributed by atoms with van der Waals surface area (Å²) in [6.45, 7) is 3.91. The van der Waals surface area contributed by atoms with Crippen molar-refractivity contribution in [3.05, 3.63) is 89.6 Å². The van der Waals surface area contributed by atoms with Gasteiger partial charge in [0.2, 0.25) is 0 Å². The Balaban J connectivity index is 1.31. The summed E-state index contributed by atoms with van der Waals surface area (Å²) in [5.41, 5.74) is 4.98. The number of aryl methyl sites for hydroxylation is 1. The molecule has 4 rings (SSSR count). The Morgan fingerprint density at radius 1 is 0.872 bits per heavy atom. The highest BCUT2D eigenvalue weighted by atomic mass is 16.5. The van der Waals surface area contributed by atoms with E-state index in [1.165, 1.54) is 5.56 Å². The van der Waals surface area contributed by atoms with Crippen molar-refractivity contribution < 1.29 is 24.2 Å². The third-order valence-corrected chi connectivity index (χ3v) is 6.29. The van der Waals surface area contributed by atoms with Gasteiger partial charge in [-0.2, -0.15) is 0 Å². The standard InChI is InChI=1S/C31H35N3O5/c1-2-38-30(36)23-10-13-26(14-11-23)39-31(37)28-21-34-29-15-12-25(20-27(28)29)33-17-6-8-22-7-5-9-24(19-22)32-16-3-4-18-35/h5,7,9-15,19-21,32-35H,2-4,6,8,16-18H2,1H3. The lowest BCUT2D eigenvalue weighted by Gasteiger charge is -2.10.